The predicted molar refractivity (Wildman–Crippen MR) is 111 cm³/mol. The summed E-state index contributed by atoms with van der Waals surface area (Å²) in [5.41, 5.74) is 6.17. The smallest absolute Gasteiger partial charge is 0.224 e. The summed E-state index contributed by atoms with van der Waals surface area (Å²) in [6.07, 6.45) is 3.72. The highest BCUT2D eigenvalue weighted by Crippen LogP contribution is 2.36. The fourth-order valence-corrected chi connectivity index (χ4v) is 3.94. The zero-order valence-electron chi connectivity index (χ0n) is 16.6. The normalized spacial score (nSPS) is 15.9. The lowest BCUT2D eigenvalue weighted by molar-refractivity contribution is -0.134. The molecule has 3 rings (SSSR count). The lowest BCUT2D eigenvalue weighted by atomic mass is 9.76. The molecule has 0 spiro atoms. The second-order valence-corrected chi connectivity index (χ2v) is 8.15. The van der Waals surface area contributed by atoms with E-state index in [1.54, 1.807) is 18.3 Å². The molecular formula is C21H27ClN4O3. The number of piperidine rings is 1. The number of amides is 2. The van der Waals surface area contributed by atoms with Gasteiger partial charge in [-0.1, -0.05) is 17.7 Å². The molecule has 7 nitrogen and oxygen atoms in total. The minimum Gasteiger partial charge on any atom is -0.493 e. The summed E-state index contributed by atoms with van der Waals surface area (Å²) in [4.78, 5) is 26.1. The second kappa shape index (κ2) is 9.31. The van der Waals surface area contributed by atoms with Crippen molar-refractivity contribution < 1.29 is 14.3 Å². The largest absolute Gasteiger partial charge is 0.493 e. The number of hydrogen-bond donors (Lipinski definition) is 1. The molecule has 0 atom stereocenters. The topological polar surface area (TPSA) is 90.4 Å². The highest BCUT2D eigenvalue weighted by atomic mass is 35.5. The third-order valence-electron chi connectivity index (χ3n) is 5.53. The van der Waals surface area contributed by atoms with Crippen molar-refractivity contribution in [2.75, 3.05) is 19.7 Å². The van der Waals surface area contributed by atoms with E-state index in [2.05, 4.69) is 5.10 Å². The first-order chi connectivity index (χ1) is 13.9. The van der Waals surface area contributed by atoms with Crippen LogP contribution in [0.25, 0.3) is 0 Å². The maximum Gasteiger partial charge on any atom is 0.224 e. The quantitative estimate of drug-likeness (QED) is 0.713. The van der Waals surface area contributed by atoms with Crippen molar-refractivity contribution in [3.05, 3.63) is 47.2 Å². The van der Waals surface area contributed by atoms with Crippen LogP contribution in [0, 0.1) is 12.3 Å². The molecular weight excluding hydrogens is 392 g/mol. The van der Waals surface area contributed by atoms with Gasteiger partial charge >= 0.3 is 0 Å². The van der Waals surface area contributed by atoms with Gasteiger partial charge in [-0.25, -0.2) is 0 Å². The molecule has 1 aromatic heterocycles. The van der Waals surface area contributed by atoms with Crippen LogP contribution in [0.5, 0.6) is 5.75 Å². The molecule has 8 heteroatoms. The number of nitrogens with zero attached hydrogens (tertiary/aromatic N) is 3. The van der Waals surface area contributed by atoms with Crippen molar-refractivity contribution in [1.29, 1.82) is 0 Å². The monoisotopic (exact) mass is 418 g/mol. The van der Waals surface area contributed by atoms with E-state index in [0.717, 1.165) is 5.69 Å². The number of rotatable bonds is 8. The minimum absolute atomic E-state index is 0.100. The first kappa shape index (κ1) is 21.2. The van der Waals surface area contributed by atoms with Crippen molar-refractivity contribution in [2.45, 2.75) is 39.2 Å². The third-order valence-corrected chi connectivity index (χ3v) is 5.77. The minimum atomic E-state index is -0.372. The number of carbonyl (C=O) groups excluding carboxylic acids is 2. The lowest BCUT2D eigenvalue weighted by Gasteiger charge is -2.41. The van der Waals surface area contributed by atoms with Gasteiger partial charge in [0.25, 0.3) is 0 Å². The Hall–Kier alpha value is -2.54. The molecule has 2 aromatic rings. The summed E-state index contributed by atoms with van der Waals surface area (Å²) in [5, 5.41) is 4.81. The third kappa shape index (κ3) is 5.73. The summed E-state index contributed by atoms with van der Waals surface area (Å²) in [6.45, 7) is 4.08. The van der Waals surface area contributed by atoms with Gasteiger partial charge in [-0.3, -0.25) is 14.3 Å². The van der Waals surface area contributed by atoms with Gasteiger partial charge in [-0.2, -0.15) is 5.10 Å². The maximum atomic E-state index is 12.6. The van der Waals surface area contributed by atoms with Gasteiger partial charge in [0.1, 0.15) is 5.75 Å². The average Bonchev–Trinajstić information content (AvgIpc) is 3.10. The number of halogens is 1. The Morgan fingerprint density at radius 2 is 2.03 bits per heavy atom. The number of aryl methyl sites for hydroxylation is 2. The number of hydrogen-bond acceptors (Lipinski definition) is 4. The Labute approximate surface area is 175 Å². The standard InChI is InChI=1S/C21H27ClN4O3/c1-16-5-9-24-26(16)10-6-20(28)25-11-7-21(8-12-25,14-19(23)27)15-29-18-4-2-3-17(22)13-18/h2-5,9,13H,6-8,10-12,14-15H2,1H3,(H2,23,27). The van der Waals surface area contributed by atoms with E-state index in [1.165, 1.54) is 0 Å². The van der Waals surface area contributed by atoms with Gasteiger partial charge in [0.05, 0.1) is 6.61 Å². The van der Waals surface area contributed by atoms with Gasteiger partial charge in [0.2, 0.25) is 11.8 Å². The Balaban J connectivity index is 1.56. The second-order valence-electron chi connectivity index (χ2n) is 7.72. The number of carbonyl (C=O) groups is 2. The molecule has 0 aliphatic carbocycles. The molecule has 1 aromatic carbocycles. The number of aromatic nitrogens is 2. The lowest BCUT2D eigenvalue weighted by Crippen LogP contribution is -2.47. The molecule has 2 N–H and O–H groups in total. The molecule has 2 heterocycles. The number of benzene rings is 1. The van der Waals surface area contributed by atoms with E-state index in [9.17, 15) is 9.59 Å². The van der Waals surface area contributed by atoms with Crippen LogP contribution in [-0.4, -0.2) is 46.2 Å². The maximum absolute atomic E-state index is 12.6. The molecule has 1 aliphatic rings. The fourth-order valence-electron chi connectivity index (χ4n) is 3.76. The van der Waals surface area contributed by atoms with Crippen LogP contribution in [0.4, 0.5) is 0 Å². The van der Waals surface area contributed by atoms with Gasteiger partial charge < -0.3 is 15.4 Å². The average molecular weight is 419 g/mol. The van der Waals surface area contributed by atoms with Crippen molar-refractivity contribution in [2.24, 2.45) is 11.1 Å². The van der Waals surface area contributed by atoms with Crippen LogP contribution >= 0.6 is 11.6 Å². The molecule has 0 radical (unpaired) electrons. The first-order valence-electron chi connectivity index (χ1n) is 9.80. The Kier molecular flexibility index (Phi) is 6.79. The summed E-state index contributed by atoms with van der Waals surface area (Å²) >= 11 is 6.01. The van der Waals surface area contributed by atoms with E-state index >= 15 is 0 Å². The molecule has 1 fully saturated rings. The molecule has 0 bridgehead atoms. The van der Waals surface area contributed by atoms with Gasteiger partial charge in [0.15, 0.2) is 0 Å². The van der Waals surface area contributed by atoms with E-state index in [1.807, 2.05) is 34.7 Å². The Morgan fingerprint density at radius 3 is 2.66 bits per heavy atom. The first-order valence-corrected chi connectivity index (χ1v) is 10.2. The van der Waals surface area contributed by atoms with E-state index in [-0.39, 0.29) is 23.7 Å². The van der Waals surface area contributed by atoms with Gasteiger partial charge in [0, 0.05) is 54.8 Å². The zero-order valence-corrected chi connectivity index (χ0v) is 17.4. The molecule has 0 saturated carbocycles. The van der Waals surface area contributed by atoms with Gasteiger partial charge in [-0.15, -0.1) is 0 Å². The molecule has 1 aliphatic heterocycles. The zero-order chi connectivity index (χ0) is 20.9. The SMILES string of the molecule is Cc1ccnn1CCC(=O)N1CCC(COc2cccc(Cl)c2)(CC(N)=O)CC1. The number of ether oxygens (including phenoxy) is 1. The number of likely N-dealkylation sites (tertiary alicyclic amines) is 1. The number of nitrogens with two attached hydrogens (primary N) is 1. The van der Waals surface area contributed by atoms with Gasteiger partial charge in [-0.05, 0) is 44.0 Å². The summed E-state index contributed by atoms with van der Waals surface area (Å²) in [6, 6.07) is 9.10. The van der Waals surface area contributed by atoms with E-state index in [4.69, 9.17) is 22.1 Å². The van der Waals surface area contributed by atoms with Crippen LogP contribution in [0.15, 0.2) is 36.5 Å². The van der Waals surface area contributed by atoms with E-state index in [0.29, 0.717) is 56.3 Å². The highest BCUT2D eigenvalue weighted by Gasteiger charge is 2.38. The molecule has 1 saturated heterocycles. The molecule has 2 amide bonds. The summed E-state index contributed by atoms with van der Waals surface area (Å²) in [7, 11) is 0. The van der Waals surface area contributed by atoms with Crippen molar-refractivity contribution in [3.63, 3.8) is 0 Å². The summed E-state index contributed by atoms with van der Waals surface area (Å²) in [5.74, 6) is 0.409. The molecule has 0 unspecified atom stereocenters. The number of primary amides is 1. The Bertz CT molecular complexity index is 859. The predicted octanol–water partition coefficient (Wildman–Crippen LogP) is 2.80. The Morgan fingerprint density at radius 1 is 1.28 bits per heavy atom. The van der Waals surface area contributed by atoms with E-state index < -0.39 is 0 Å². The van der Waals surface area contributed by atoms with Crippen LogP contribution in [0.2, 0.25) is 5.02 Å². The highest BCUT2D eigenvalue weighted by molar-refractivity contribution is 6.30. The van der Waals surface area contributed by atoms with Crippen LogP contribution < -0.4 is 10.5 Å². The van der Waals surface area contributed by atoms with Crippen LogP contribution in [0.3, 0.4) is 0 Å². The molecule has 156 valence electrons. The molecule has 29 heavy (non-hydrogen) atoms. The van der Waals surface area contributed by atoms with Crippen LogP contribution in [0.1, 0.15) is 31.4 Å². The van der Waals surface area contributed by atoms with Crippen molar-refractivity contribution in [3.8, 4) is 5.75 Å². The fraction of sp³-hybridized carbons (Fsp3) is 0.476. The van der Waals surface area contributed by atoms with Crippen LogP contribution in [-0.2, 0) is 16.1 Å². The van der Waals surface area contributed by atoms with Crippen molar-refractivity contribution in [1.82, 2.24) is 14.7 Å². The summed E-state index contributed by atoms with van der Waals surface area (Å²) < 4.78 is 7.76. The van der Waals surface area contributed by atoms with Crippen molar-refractivity contribution >= 4 is 23.4 Å².